The first kappa shape index (κ1) is 15.0. The van der Waals surface area contributed by atoms with Crippen molar-refractivity contribution in [3.05, 3.63) is 70.4 Å². The molecule has 0 aliphatic carbocycles. The Bertz CT molecular complexity index is 816. The van der Waals surface area contributed by atoms with Crippen molar-refractivity contribution in [1.29, 1.82) is 0 Å². The molecule has 0 spiro atoms. The highest BCUT2D eigenvalue weighted by molar-refractivity contribution is 6.30. The Morgan fingerprint density at radius 1 is 1.00 bits per heavy atom. The molecule has 3 rings (SSSR count). The van der Waals surface area contributed by atoms with Gasteiger partial charge in [-0.1, -0.05) is 35.4 Å². The van der Waals surface area contributed by atoms with Crippen LogP contribution in [0.3, 0.4) is 0 Å². The van der Waals surface area contributed by atoms with Crippen molar-refractivity contribution in [1.82, 2.24) is 4.57 Å². The number of nitrogens with zero attached hydrogens (tertiary/aromatic N) is 1. The second-order valence-corrected chi connectivity index (χ2v) is 5.74. The van der Waals surface area contributed by atoms with E-state index < -0.39 is 11.9 Å². The summed E-state index contributed by atoms with van der Waals surface area (Å²) in [5, 5.41) is 1.16. The predicted molar refractivity (Wildman–Crippen MR) is 82.2 cm³/mol. The van der Waals surface area contributed by atoms with E-state index in [1.165, 1.54) is 10.6 Å². The van der Waals surface area contributed by atoms with E-state index in [2.05, 4.69) is 0 Å². The van der Waals surface area contributed by atoms with E-state index in [4.69, 9.17) is 11.6 Å². The summed E-state index contributed by atoms with van der Waals surface area (Å²) in [6.07, 6.45) is -4.39. The van der Waals surface area contributed by atoms with E-state index >= 15 is 0 Å². The van der Waals surface area contributed by atoms with E-state index in [1.54, 1.807) is 36.4 Å². The molecule has 1 heterocycles. The van der Waals surface area contributed by atoms with E-state index in [1.807, 2.05) is 13.0 Å². The average Bonchev–Trinajstić information content (AvgIpc) is 2.79. The smallest absolute Gasteiger partial charge is 0.332 e. The molecule has 22 heavy (non-hydrogen) atoms. The van der Waals surface area contributed by atoms with Gasteiger partial charge in [0.15, 0.2) is 0 Å². The summed E-state index contributed by atoms with van der Waals surface area (Å²) in [5.74, 6) is 0. The molecule has 0 saturated carbocycles. The summed E-state index contributed by atoms with van der Waals surface area (Å²) in [5.41, 5.74) is 1.65. The Morgan fingerprint density at radius 3 is 2.32 bits per heavy atom. The molecule has 0 N–H and O–H groups in total. The molecular formula is C17H13ClF3N. The van der Waals surface area contributed by atoms with Gasteiger partial charge in [-0.25, -0.2) is 0 Å². The molecule has 114 valence electrons. The fourth-order valence-corrected chi connectivity index (χ4v) is 2.69. The van der Waals surface area contributed by atoms with Crippen LogP contribution in [-0.4, -0.2) is 4.57 Å². The number of alkyl halides is 3. The number of hydrogen-bond acceptors (Lipinski definition) is 0. The molecule has 3 aromatic rings. The number of benzene rings is 2. The van der Waals surface area contributed by atoms with Crippen LogP contribution in [0.15, 0.2) is 48.5 Å². The van der Waals surface area contributed by atoms with Crippen molar-refractivity contribution in [3.63, 3.8) is 0 Å². The van der Waals surface area contributed by atoms with Gasteiger partial charge >= 0.3 is 6.18 Å². The third-order valence-electron chi connectivity index (χ3n) is 3.60. The second-order valence-electron chi connectivity index (χ2n) is 5.30. The summed E-state index contributed by atoms with van der Waals surface area (Å²) in [6.45, 7) is 2.02. The van der Waals surface area contributed by atoms with Crippen LogP contribution >= 0.6 is 11.6 Å². The van der Waals surface area contributed by atoms with Gasteiger partial charge in [0.2, 0.25) is 0 Å². The minimum Gasteiger partial charge on any atom is -0.332 e. The number of halogens is 4. The number of aryl methyl sites for hydroxylation is 1. The quantitative estimate of drug-likeness (QED) is 0.572. The monoisotopic (exact) mass is 323 g/mol. The molecule has 0 amide bonds. The van der Waals surface area contributed by atoms with E-state index in [0.29, 0.717) is 15.9 Å². The minimum absolute atomic E-state index is 0.151. The Kier molecular flexibility index (Phi) is 3.65. The lowest BCUT2D eigenvalue weighted by molar-refractivity contribution is -0.143. The molecule has 5 heteroatoms. The fraction of sp³-hybridized carbons (Fsp3) is 0.176. The topological polar surface area (TPSA) is 4.93 Å². The third-order valence-corrected chi connectivity index (χ3v) is 3.85. The highest BCUT2D eigenvalue weighted by Crippen LogP contribution is 2.35. The van der Waals surface area contributed by atoms with Crippen LogP contribution < -0.4 is 0 Å². The summed E-state index contributed by atoms with van der Waals surface area (Å²) < 4.78 is 41.2. The van der Waals surface area contributed by atoms with Gasteiger partial charge in [-0.05, 0) is 42.8 Å². The molecule has 2 aromatic carbocycles. The number of fused-ring (bicyclic) bond motifs is 1. The van der Waals surface area contributed by atoms with E-state index in [9.17, 15) is 13.2 Å². The molecule has 0 saturated heterocycles. The van der Waals surface area contributed by atoms with Crippen molar-refractivity contribution in [2.45, 2.75) is 19.6 Å². The average molecular weight is 324 g/mol. The predicted octanol–water partition coefficient (Wildman–Crippen LogP) is 5.67. The first-order valence-corrected chi connectivity index (χ1v) is 7.14. The lowest BCUT2D eigenvalue weighted by Gasteiger charge is -2.13. The minimum atomic E-state index is -4.39. The van der Waals surface area contributed by atoms with Crippen LogP contribution in [0.1, 0.15) is 16.8 Å². The molecule has 0 fully saturated rings. The standard InChI is InChI=1S/C17H13ClF3N/c1-11-2-7-15-13(8-11)9-16(17(19,20)21)22(15)10-12-3-5-14(18)6-4-12/h2-9H,10H2,1H3. The van der Waals surface area contributed by atoms with Crippen LogP contribution in [0.25, 0.3) is 10.9 Å². The maximum Gasteiger partial charge on any atom is 0.431 e. The number of aromatic nitrogens is 1. The molecule has 0 atom stereocenters. The van der Waals surface area contributed by atoms with Crippen molar-refractivity contribution in [2.75, 3.05) is 0 Å². The van der Waals surface area contributed by atoms with Gasteiger partial charge in [0.05, 0.1) is 0 Å². The van der Waals surface area contributed by atoms with Gasteiger partial charge in [0.25, 0.3) is 0 Å². The van der Waals surface area contributed by atoms with Crippen molar-refractivity contribution in [3.8, 4) is 0 Å². The van der Waals surface area contributed by atoms with Crippen LogP contribution in [0, 0.1) is 6.92 Å². The lowest BCUT2D eigenvalue weighted by atomic mass is 10.2. The molecule has 0 unspecified atom stereocenters. The summed E-state index contributed by atoms with van der Waals surface area (Å²) in [4.78, 5) is 0. The molecule has 0 radical (unpaired) electrons. The molecule has 0 aliphatic rings. The zero-order chi connectivity index (χ0) is 15.9. The summed E-state index contributed by atoms with van der Waals surface area (Å²) in [6, 6.07) is 13.4. The van der Waals surface area contributed by atoms with E-state index in [-0.39, 0.29) is 6.54 Å². The Morgan fingerprint density at radius 2 is 1.68 bits per heavy atom. The highest BCUT2D eigenvalue weighted by Gasteiger charge is 2.35. The van der Waals surface area contributed by atoms with Gasteiger partial charge in [-0.15, -0.1) is 0 Å². The molecule has 0 aliphatic heterocycles. The van der Waals surface area contributed by atoms with Gasteiger partial charge in [-0.2, -0.15) is 13.2 Å². The Labute approximate surface area is 130 Å². The van der Waals surface area contributed by atoms with Gasteiger partial charge < -0.3 is 4.57 Å². The zero-order valence-corrected chi connectivity index (χ0v) is 12.5. The van der Waals surface area contributed by atoms with Crippen LogP contribution in [0.5, 0.6) is 0 Å². The second kappa shape index (κ2) is 5.36. The maximum atomic E-state index is 13.3. The van der Waals surface area contributed by atoms with Crippen molar-refractivity contribution >= 4 is 22.5 Å². The summed E-state index contributed by atoms with van der Waals surface area (Å²) >= 11 is 5.82. The Hall–Kier alpha value is -1.94. The number of hydrogen-bond donors (Lipinski definition) is 0. The SMILES string of the molecule is Cc1ccc2c(c1)cc(C(F)(F)F)n2Cc1ccc(Cl)cc1. The molecule has 1 aromatic heterocycles. The van der Waals surface area contributed by atoms with Crippen LogP contribution in [0.2, 0.25) is 5.02 Å². The van der Waals surface area contributed by atoms with Crippen molar-refractivity contribution < 1.29 is 13.2 Å². The van der Waals surface area contributed by atoms with Crippen molar-refractivity contribution in [2.24, 2.45) is 0 Å². The van der Waals surface area contributed by atoms with Gasteiger partial charge in [0.1, 0.15) is 5.69 Å². The first-order valence-electron chi connectivity index (χ1n) is 6.76. The lowest BCUT2D eigenvalue weighted by Crippen LogP contribution is -2.14. The highest BCUT2D eigenvalue weighted by atomic mass is 35.5. The van der Waals surface area contributed by atoms with Gasteiger partial charge in [0, 0.05) is 22.5 Å². The Balaban J connectivity index is 2.15. The number of rotatable bonds is 2. The molecular weight excluding hydrogens is 311 g/mol. The molecule has 1 nitrogen and oxygen atoms in total. The van der Waals surface area contributed by atoms with Crippen LogP contribution in [-0.2, 0) is 12.7 Å². The first-order chi connectivity index (χ1) is 10.3. The van der Waals surface area contributed by atoms with Crippen LogP contribution in [0.4, 0.5) is 13.2 Å². The van der Waals surface area contributed by atoms with Gasteiger partial charge in [-0.3, -0.25) is 0 Å². The summed E-state index contributed by atoms with van der Waals surface area (Å²) in [7, 11) is 0. The fourth-order valence-electron chi connectivity index (χ4n) is 2.57. The zero-order valence-electron chi connectivity index (χ0n) is 11.8. The largest absolute Gasteiger partial charge is 0.431 e. The maximum absolute atomic E-state index is 13.3. The van der Waals surface area contributed by atoms with E-state index in [0.717, 1.165) is 11.1 Å². The molecule has 0 bridgehead atoms. The third kappa shape index (κ3) is 2.83. The normalized spacial score (nSPS) is 12.0.